The highest BCUT2D eigenvalue weighted by atomic mass is 35.5. The van der Waals surface area contributed by atoms with E-state index in [0.29, 0.717) is 22.4 Å². The van der Waals surface area contributed by atoms with Crippen molar-refractivity contribution in [2.45, 2.75) is 13.2 Å². The van der Waals surface area contributed by atoms with Crippen molar-refractivity contribution in [2.24, 2.45) is 0 Å². The lowest BCUT2D eigenvalue weighted by atomic mass is 10.2. The summed E-state index contributed by atoms with van der Waals surface area (Å²) in [7, 11) is 0. The van der Waals surface area contributed by atoms with Crippen LogP contribution in [0.25, 0.3) is 11.4 Å². The summed E-state index contributed by atoms with van der Waals surface area (Å²) < 4.78 is 3.12. The van der Waals surface area contributed by atoms with Gasteiger partial charge < -0.3 is 5.32 Å². The number of anilines is 1. The van der Waals surface area contributed by atoms with Crippen LogP contribution < -0.4 is 5.32 Å². The molecule has 3 aromatic heterocycles. The van der Waals surface area contributed by atoms with Crippen LogP contribution in [0.1, 0.15) is 16.1 Å². The quantitative estimate of drug-likeness (QED) is 0.333. The summed E-state index contributed by atoms with van der Waals surface area (Å²) in [5.74, 6) is 0.264. The number of carbonyl (C=O) groups excluding carboxylic acids is 1. The monoisotopic (exact) mass is 527 g/mol. The molecule has 0 saturated carbocycles. The van der Waals surface area contributed by atoms with Crippen molar-refractivity contribution in [1.82, 2.24) is 39.8 Å². The Bertz CT molecular complexity index is 1490. The lowest BCUT2D eigenvalue weighted by molar-refractivity contribution is 0.102. The summed E-state index contributed by atoms with van der Waals surface area (Å²) in [5.41, 5.74) is 1.92. The molecule has 1 N–H and O–H groups in total. The molecule has 3 heterocycles. The van der Waals surface area contributed by atoms with Gasteiger partial charge in [0.05, 0.1) is 16.6 Å². The zero-order chi connectivity index (χ0) is 24.4. The van der Waals surface area contributed by atoms with Crippen LogP contribution in [0, 0.1) is 0 Å². The summed E-state index contributed by atoms with van der Waals surface area (Å²) in [5, 5.41) is 24.9. The number of halogens is 3. The average Bonchev–Trinajstić information content (AvgIpc) is 3.58. The number of benzene rings is 2. The third-order valence-corrected chi connectivity index (χ3v) is 5.92. The number of nitrogens with one attached hydrogen (secondary N) is 1. The van der Waals surface area contributed by atoms with Crippen LogP contribution in [-0.4, -0.2) is 45.7 Å². The largest absolute Gasteiger partial charge is 0.302 e. The topological polar surface area (TPSA) is 108 Å². The normalized spacial score (nSPS) is 11.1. The van der Waals surface area contributed by atoms with Gasteiger partial charge in [0.15, 0.2) is 18.2 Å². The van der Waals surface area contributed by atoms with E-state index in [1.807, 2.05) is 36.4 Å². The van der Waals surface area contributed by atoms with Gasteiger partial charge in [0.2, 0.25) is 5.82 Å². The molecule has 0 spiro atoms. The van der Waals surface area contributed by atoms with E-state index in [1.54, 1.807) is 35.3 Å². The Morgan fingerprint density at radius 3 is 2.51 bits per heavy atom. The summed E-state index contributed by atoms with van der Waals surface area (Å²) >= 11 is 18.3. The second-order valence-corrected chi connectivity index (χ2v) is 8.68. The standard InChI is InChI=1S/C22H16Cl3N9O/c23-16-7-6-14(10-17(16)24)11-33-12-18(25)21(29-33)26-22(35)19-8-9-32(28-19)13-34-30-20(27-31-34)15-4-2-1-3-5-15/h1-10,12H,11,13H2,(H,26,29,35). The van der Waals surface area contributed by atoms with E-state index in [-0.39, 0.29) is 23.2 Å². The summed E-state index contributed by atoms with van der Waals surface area (Å²) in [4.78, 5) is 14.1. The maximum atomic E-state index is 12.7. The van der Waals surface area contributed by atoms with Crippen molar-refractivity contribution in [3.8, 4) is 11.4 Å². The minimum atomic E-state index is -0.457. The second-order valence-electron chi connectivity index (χ2n) is 7.46. The fourth-order valence-corrected chi connectivity index (χ4v) is 3.77. The number of rotatable bonds is 7. The smallest absolute Gasteiger partial charge is 0.277 e. The molecule has 0 bridgehead atoms. The molecular weight excluding hydrogens is 513 g/mol. The molecule has 0 aliphatic heterocycles. The molecule has 35 heavy (non-hydrogen) atoms. The number of hydrogen-bond acceptors (Lipinski definition) is 6. The minimum absolute atomic E-state index is 0.184. The molecule has 0 fully saturated rings. The fourth-order valence-electron chi connectivity index (χ4n) is 3.26. The van der Waals surface area contributed by atoms with Gasteiger partial charge in [-0.1, -0.05) is 71.2 Å². The first kappa shape index (κ1) is 23.0. The zero-order valence-electron chi connectivity index (χ0n) is 17.9. The van der Waals surface area contributed by atoms with Crippen LogP contribution in [0.15, 0.2) is 67.0 Å². The van der Waals surface area contributed by atoms with E-state index in [9.17, 15) is 4.79 Å². The van der Waals surface area contributed by atoms with E-state index in [4.69, 9.17) is 34.8 Å². The molecule has 10 nitrogen and oxygen atoms in total. The number of nitrogens with zero attached hydrogens (tertiary/aromatic N) is 8. The molecule has 5 aromatic rings. The van der Waals surface area contributed by atoms with Gasteiger partial charge >= 0.3 is 0 Å². The van der Waals surface area contributed by atoms with Crippen LogP contribution in [0.2, 0.25) is 15.1 Å². The fraction of sp³-hybridized carbons (Fsp3) is 0.0909. The molecule has 0 atom stereocenters. The number of tetrazole rings is 1. The van der Waals surface area contributed by atoms with E-state index in [2.05, 4.69) is 30.9 Å². The first-order valence-corrected chi connectivity index (χ1v) is 11.4. The van der Waals surface area contributed by atoms with Crippen LogP contribution in [-0.2, 0) is 13.2 Å². The van der Waals surface area contributed by atoms with Crippen molar-refractivity contribution in [3.63, 3.8) is 0 Å². The Hall–Kier alpha value is -3.73. The SMILES string of the molecule is O=C(Nc1nn(Cc2ccc(Cl)c(Cl)c2)cc1Cl)c1ccn(Cn2nnc(-c3ccccc3)n2)n1. The van der Waals surface area contributed by atoms with Crippen molar-refractivity contribution >= 4 is 46.5 Å². The van der Waals surface area contributed by atoms with Crippen LogP contribution in [0.5, 0.6) is 0 Å². The van der Waals surface area contributed by atoms with Gasteiger partial charge in [-0.05, 0) is 29.0 Å². The highest BCUT2D eigenvalue weighted by Gasteiger charge is 2.16. The maximum Gasteiger partial charge on any atom is 0.277 e. The second kappa shape index (κ2) is 9.87. The van der Waals surface area contributed by atoms with Gasteiger partial charge in [-0.3, -0.25) is 9.48 Å². The highest BCUT2D eigenvalue weighted by molar-refractivity contribution is 6.42. The van der Waals surface area contributed by atoms with Crippen LogP contribution in [0.4, 0.5) is 5.82 Å². The van der Waals surface area contributed by atoms with Gasteiger partial charge in [-0.25, -0.2) is 4.68 Å². The lowest BCUT2D eigenvalue weighted by Gasteiger charge is -2.04. The number of aromatic nitrogens is 8. The molecule has 2 aromatic carbocycles. The number of hydrogen-bond donors (Lipinski definition) is 1. The first-order chi connectivity index (χ1) is 16.9. The summed E-state index contributed by atoms with van der Waals surface area (Å²) in [6.07, 6.45) is 3.25. The molecular formula is C22H16Cl3N9O. The van der Waals surface area contributed by atoms with Crippen molar-refractivity contribution < 1.29 is 4.79 Å². The van der Waals surface area contributed by atoms with E-state index in [0.717, 1.165) is 11.1 Å². The minimum Gasteiger partial charge on any atom is -0.302 e. The summed E-state index contributed by atoms with van der Waals surface area (Å²) in [6, 6.07) is 16.4. The summed E-state index contributed by atoms with van der Waals surface area (Å²) in [6.45, 7) is 0.586. The molecule has 0 saturated heterocycles. The average molecular weight is 529 g/mol. The Balaban J connectivity index is 1.23. The predicted molar refractivity (Wildman–Crippen MR) is 132 cm³/mol. The van der Waals surface area contributed by atoms with Crippen LogP contribution in [0.3, 0.4) is 0 Å². The zero-order valence-corrected chi connectivity index (χ0v) is 20.2. The highest BCUT2D eigenvalue weighted by Crippen LogP contribution is 2.24. The third-order valence-electron chi connectivity index (χ3n) is 4.91. The molecule has 176 valence electrons. The van der Waals surface area contributed by atoms with E-state index in [1.165, 1.54) is 9.48 Å². The van der Waals surface area contributed by atoms with Crippen molar-refractivity contribution in [1.29, 1.82) is 0 Å². The predicted octanol–water partition coefficient (Wildman–Crippen LogP) is 4.50. The molecule has 0 unspecified atom stereocenters. The van der Waals surface area contributed by atoms with E-state index < -0.39 is 5.91 Å². The molecule has 0 aliphatic carbocycles. The van der Waals surface area contributed by atoms with Gasteiger partial charge in [-0.15, -0.1) is 15.0 Å². The number of amides is 1. The van der Waals surface area contributed by atoms with Gasteiger partial charge in [0.25, 0.3) is 5.91 Å². The van der Waals surface area contributed by atoms with Gasteiger partial charge in [0, 0.05) is 18.0 Å². The van der Waals surface area contributed by atoms with Gasteiger partial charge in [0.1, 0.15) is 5.02 Å². The number of carbonyl (C=O) groups is 1. The Morgan fingerprint density at radius 2 is 1.71 bits per heavy atom. The molecule has 0 radical (unpaired) electrons. The molecule has 13 heteroatoms. The Labute approximate surface area is 214 Å². The van der Waals surface area contributed by atoms with Gasteiger partial charge in [-0.2, -0.15) is 10.2 Å². The Kier molecular flexibility index (Phi) is 6.49. The Morgan fingerprint density at radius 1 is 0.886 bits per heavy atom. The van der Waals surface area contributed by atoms with Crippen molar-refractivity contribution in [3.05, 3.63) is 93.3 Å². The van der Waals surface area contributed by atoms with Crippen LogP contribution >= 0.6 is 34.8 Å². The third kappa shape index (κ3) is 5.35. The van der Waals surface area contributed by atoms with E-state index >= 15 is 0 Å². The molecule has 1 amide bonds. The molecule has 5 rings (SSSR count). The molecule has 0 aliphatic rings. The first-order valence-electron chi connectivity index (χ1n) is 10.3. The maximum absolute atomic E-state index is 12.7. The lowest BCUT2D eigenvalue weighted by Crippen LogP contribution is -2.16. The van der Waals surface area contributed by atoms with Crippen molar-refractivity contribution in [2.75, 3.05) is 5.32 Å².